The van der Waals surface area contributed by atoms with Crippen molar-refractivity contribution >= 4 is 21.7 Å². The van der Waals surface area contributed by atoms with E-state index in [1.54, 1.807) is 13.1 Å². The molecule has 10 nitrogen and oxygen atoms in total. The molecule has 3 aromatic rings. The Kier molecular flexibility index (Phi) is 7.58. The van der Waals surface area contributed by atoms with E-state index in [9.17, 15) is 28.6 Å². The molecule has 0 fully saturated rings. The van der Waals surface area contributed by atoms with Gasteiger partial charge in [-0.25, -0.2) is 13.2 Å². The number of nitro groups is 1. The number of ether oxygens (including phenoxy) is 1. The summed E-state index contributed by atoms with van der Waals surface area (Å²) < 4.78 is 33.3. The maximum Gasteiger partial charge on any atom is 0.338 e. The number of hydrogen-bond acceptors (Lipinski definition) is 8. The van der Waals surface area contributed by atoms with Crippen LogP contribution in [0.25, 0.3) is 0 Å². The Morgan fingerprint density at radius 1 is 1.17 bits per heavy atom. The molecule has 0 radical (unpaired) electrons. The minimum atomic E-state index is -4.43. The monoisotopic (exact) mass is 494 g/mol. The van der Waals surface area contributed by atoms with Crippen molar-refractivity contribution in [1.82, 2.24) is 9.29 Å². The van der Waals surface area contributed by atoms with Gasteiger partial charge in [-0.05, 0) is 48.7 Å². The van der Waals surface area contributed by atoms with Gasteiger partial charge in [-0.1, -0.05) is 24.3 Å². The maximum absolute atomic E-state index is 13.7. The number of sulfonamides is 1. The average molecular weight is 495 g/mol. The van der Waals surface area contributed by atoms with Gasteiger partial charge in [0.05, 0.1) is 41.5 Å². The second-order valence-corrected chi connectivity index (χ2v) is 9.66. The first-order chi connectivity index (χ1) is 16.6. The predicted octanol–water partition coefficient (Wildman–Crippen LogP) is 3.66. The number of rotatable bonds is 8. The lowest BCUT2D eigenvalue weighted by atomic mass is 10.0. The molecule has 1 heterocycles. The number of nitrogens with zero attached hydrogens (tertiary/aromatic N) is 4. The van der Waals surface area contributed by atoms with Gasteiger partial charge in [0.1, 0.15) is 0 Å². The van der Waals surface area contributed by atoms with E-state index in [2.05, 4.69) is 4.98 Å². The summed E-state index contributed by atoms with van der Waals surface area (Å²) in [6.45, 7) is 3.11. The van der Waals surface area contributed by atoms with Crippen LogP contribution in [0.2, 0.25) is 0 Å². The summed E-state index contributed by atoms with van der Waals surface area (Å²) in [6.07, 6.45) is 1.60. The largest absolute Gasteiger partial charge is 0.465 e. The van der Waals surface area contributed by atoms with Gasteiger partial charge in [-0.3, -0.25) is 15.1 Å². The van der Waals surface area contributed by atoms with Gasteiger partial charge >= 0.3 is 5.97 Å². The molecule has 0 atom stereocenters. The molecule has 3 rings (SSSR count). The second-order valence-electron chi connectivity index (χ2n) is 7.75. The zero-order chi connectivity index (χ0) is 25.8. The SMILES string of the molecule is COC(=O)c1cc(C#N)ccc1CN(Cc1ncc(C)cc1C)S(=O)(=O)c1ccccc1[N+](=O)[O-]. The molecule has 0 amide bonds. The number of benzene rings is 2. The Bertz CT molecular complexity index is 1450. The topological polar surface area (TPSA) is 144 Å². The van der Waals surface area contributed by atoms with E-state index < -0.39 is 31.5 Å². The third kappa shape index (κ3) is 5.51. The quantitative estimate of drug-likeness (QED) is 0.262. The van der Waals surface area contributed by atoms with E-state index in [0.29, 0.717) is 5.69 Å². The predicted molar refractivity (Wildman–Crippen MR) is 126 cm³/mol. The van der Waals surface area contributed by atoms with Gasteiger partial charge in [-0.15, -0.1) is 0 Å². The zero-order valence-corrected chi connectivity index (χ0v) is 20.1. The first kappa shape index (κ1) is 25.5. The molecule has 0 saturated heterocycles. The average Bonchev–Trinajstić information content (AvgIpc) is 2.84. The van der Waals surface area contributed by atoms with Crippen molar-refractivity contribution in [1.29, 1.82) is 5.26 Å². The molecule has 0 bridgehead atoms. The van der Waals surface area contributed by atoms with Crippen LogP contribution in [-0.2, 0) is 27.8 Å². The number of esters is 1. The highest BCUT2D eigenvalue weighted by Crippen LogP contribution is 2.29. The fourth-order valence-corrected chi connectivity index (χ4v) is 5.08. The van der Waals surface area contributed by atoms with Crippen LogP contribution < -0.4 is 0 Å². The Morgan fingerprint density at radius 2 is 1.89 bits per heavy atom. The van der Waals surface area contributed by atoms with Gasteiger partial charge in [-0.2, -0.15) is 9.57 Å². The highest BCUT2D eigenvalue weighted by molar-refractivity contribution is 7.89. The molecule has 1 aromatic heterocycles. The van der Waals surface area contributed by atoms with E-state index in [-0.39, 0.29) is 29.8 Å². The highest BCUT2D eigenvalue weighted by Gasteiger charge is 2.33. The summed E-state index contributed by atoms with van der Waals surface area (Å²) in [4.78, 5) is 27.1. The number of carbonyl (C=O) groups is 1. The maximum atomic E-state index is 13.7. The van der Waals surface area contributed by atoms with E-state index in [0.717, 1.165) is 27.6 Å². The van der Waals surface area contributed by atoms with Crippen LogP contribution in [0.1, 0.15) is 38.3 Å². The van der Waals surface area contributed by atoms with Crippen molar-refractivity contribution in [2.45, 2.75) is 31.8 Å². The fourth-order valence-electron chi connectivity index (χ4n) is 3.54. The Hall–Kier alpha value is -4.14. The number of aromatic nitrogens is 1. The van der Waals surface area contributed by atoms with Crippen molar-refractivity contribution in [3.63, 3.8) is 0 Å². The summed E-state index contributed by atoms with van der Waals surface area (Å²) in [5.74, 6) is -0.746. The number of nitriles is 1. The number of para-hydroxylation sites is 1. The molecule has 0 aliphatic heterocycles. The lowest BCUT2D eigenvalue weighted by molar-refractivity contribution is -0.387. The molecule has 35 heavy (non-hydrogen) atoms. The van der Waals surface area contributed by atoms with E-state index >= 15 is 0 Å². The molecule has 11 heteroatoms. The van der Waals surface area contributed by atoms with Crippen LogP contribution in [0.5, 0.6) is 0 Å². The molecule has 0 unspecified atom stereocenters. The Morgan fingerprint density at radius 3 is 2.51 bits per heavy atom. The minimum Gasteiger partial charge on any atom is -0.465 e. The molecule has 0 spiro atoms. The second kappa shape index (κ2) is 10.4. The summed E-state index contributed by atoms with van der Waals surface area (Å²) in [5.41, 5.74) is 1.98. The molecule has 180 valence electrons. The number of pyridine rings is 1. The van der Waals surface area contributed by atoms with Crippen LogP contribution in [0.15, 0.2) is 59.6 Å². The number of nitro benzene ring substituents is 1. The molecule has 0 aliphatic carbocycles. The van der Waals surface area contributed by atoms with E-state index in [1.165, 1.54) is 37.4 Å². The lowest BCUT2D eigenvalue weighted by Crippen LogP contribution is -2.32. The van der Waals surface area contributed by atoms with Gasteiger partial charge in [0, 0.05) is 18.8 Å². The first-order valence-corrected chi connectivity index (χ1v) is 11.8. The van der Waals surface area contributed by atoms with Crippen molar-refractivity contribution in [3.8, 4) is 6.07 Å². The molecule has 2 aromatic carbocycles. The number of aryl methyl sites for hydroxylation is 2. The molecule has 0 N–H and O–H groups in total. The normalized spacial score (nSPS) is 11.2. The highest BCUT2D eigenvalue weighted by atomic mass is 32.2. The van der Waals surface area contributed by atoms with Gasteiger partial charge < -0.3 is 4.74 Å². The van der Waals surface area contributed by atoms with Gasteiger partial charge in [0.15, 0.2) is 4.90 Å². The molecule has 0 aliphatic rings. The summed E-state index contributed by atoms with van der Waals surface area (Å²) in [6, 6.07) is 13.1. The number of methoxy groups -OCH3 is 1. The number of carbonyl (C=O) groups excluding carboxylic acids is 1. The molecular formula is C24H22N4O6S. The van der Waals surface area contributed by atoms with Gasteiger partial charge in [0.25, 0.3) is 15.7 Å². The Balaban J connectivity index is 2.18. The van der Waals surface area contributed by atoms with Crippen LogP contribution in [0, 0.1) is 35.3 Å². The summed E-state index contributed by atoms with van der Waals surface area (Å²) in [7, 11) is -3.26. The third-order valence-electron chi connectivity index (χ3n) is 5.32. The summed E-state index contributed by atoms with van der Waals surface area (Å²) in [5, 5.41) is 20.8. The van der Waals surface area contributed by atoms with Crippen molar-refractivity contribution in [3.05, 3.63) is 98.4 Å². The van der Waals surface area contributed by atoms with Crippen molar-refractivity contribution in [2.24, 2.45) is 0 Å². The fraction of sp³-hybridized carbons (Fsp3) is 0.208. The standard InChI is InChI=1S/C24H22N4O6S/c1-16-10-17(2)21(26-13-16)15-27(35(32,33)23-7-5-4-6-22(23)28(30)31)14-19-9-8-18(12-25)11-20(19)24(29)34-3/h4-11,13H,14-15H2,1-3H3. The minimum absolute atomic E-state index is 0.0166. The van der Waals surface area contributed by atoms with Crippen LogP contribution in [-0.4, -0.2) is 35.7 Å². The van der Waals surface area contributed by atoms with Crippen LogP contribution in [0.4, 0.5) is 5.69 Å². The lowest BCUT2D eigenvalue weighted by Gasteiger charge is -2.24. The van der Waals surface area contributed by atoms with Crippen molar-refractivity contribution in [2.75, 3.05) is 7.11 Å². The van der Waals surface area contributed by atoms with E-state index in [4.69, 9.17) is 4.74 Å². The van der Waals surface area contributed by atoms with E-state index in [1.807, 2.05) is 19.1 Å². The molecule has 0 saturated carbocycles. The Labute approximate surface area is 202 Å². The zero-order valence-electron chi connectivity index (χ0n) is 19.3. The smallest absolute Gasteiger partial charge is 0.338 e. The molecular weight excluding hydrogens is 472 g/mol. The summed E-state index contributed by atoms with van der Waals surface area (Å²) >= 11 is 0. The first-order valence-electron chi connectivity index (χ1n) is 10.4. The van der Waals surface area contributed by atoms with Crippen molar-refractivity contribution < 1.29 is 22.9 Å². The number of hydrogen-bond donors (Lipinski definition) is 0. The van der Waals surface area contributed by atoms with Crippen LogP contribution in [0.3, 0.4) is 0 Å². The third-order valence-corrected chi connectivity index (χ3v) is 7.16. The van der Waals surface area contributed by atoms with Crippen LogP contribution >= 0.6 is 0 Å². The van der Waals surface area contributed by atoms with Gasteiger partial charge in [0.2, 0.25) is 0 Å².